The smallest absolute Gasteiger partial charge is 0.252 e. The SMILES string of the molecule is Cc1ccccc1OCCNC(=O)c1ccc(Cl)nc1. The van der Waals surface area contributed by atoms with Crippen molar-refractivity contribution in [3.05, 3.63) is 58.9 Å². The van der Waals surface area contributed by atoms with Gasteiger partial charge >= 0.3 is 0 Å². The maximum atomic E-state index is 11.8. The third-order valence-corrected chi connectivity index (χ3v) is 2.95. The van der Waals surface area contributed by atoms with E-state index in [1.165, 1.54) is 6.20 Å². The molecule has 5 heteroatoms. The molecule has 0 fully saturated rings. The van der Waals surface area contributed by atoms with E-state index < -0.39 is 0 Å². The third kappa shape index (κ3) is 3.96. The lowest BCUT2D eigenvalue weighted by atomic mass is 10.2. The molecule has 2 rings (SSSR count). The van der Waals surface area contributed by atoms with Crippen molar-refractivity contribution in [2.45, 2.75) is 6.92 Å². The van der Waals surface area contributed by atoms with Gasteiger partial charge in [0.15, 0.2) is 0 Å². The van der Waals surface area contributed by atoms with E-state index in [-0.39, 0.29) is 5.91 Å². The standard InChI is InChI=1S/C15H15ClN2O2/c1-11-4-2-3-5-13(11)20-9-8-17-15(19)12-6-7-14(16)18-10-12/h2-7,10H,8-9H2,1H3,(H,17,19). The topological polar surface area (TPSA) is 51.2 Å². The first kappa shape index (κ1) is 14.3. The molecule has 104 valence electrons. The van der Waals surface area contributed by atoms with E-state index in [1.807, 2.05) is 31.2 Å². The molecule has 0 aliphatic heterocycles. The summed E-state index contributed by atoms with van der Waals surface area (Å²) in [5.74, 6) is 0.637. The highest BCUT2D eigenvalue weighted by Crippen LogP contribution is 2.15. The molecule has 0 aliphatic rings. The number of hydrogen-bond acceptors (Lipinski definition) is 3. The van der Waals surface area contributed by atoms with Crippen LogP contribution in [0.15, 0.2) is 42.6 Å². The zero-order valence-electron chi connectivity index (χ0n) is 11.1. The molecule has 0 radical (unpaired) electrons. The van der Waals surface area contributed by atoms with Crippen LogP contribution in [0.5, 0.6) is 5.75 Å². The Bertz CT molecular complexity index is 585. The molecule has 1 amide bonds. The molecule has 20 heavy (non-hydrogen) atoms. The molecule has 1 aromatic carbocycles. The number of nitrogens with zero attached hydrogens (tertiary/aromatic N) is 1. The van der Waals surface area contributed by atoms with Gasteiger partial charge in [-0.1, -0.05) is 29.8 Å². The van der Waals surface area contributed by atoms with Crippen molar-refractivity contribution in [2.75, 3.05) is 13.2 Å². The highest BCUT2D eigenvalue weighted by Gasteiger charge is 2.05. The number of benzene rings is 1. The van der Waals surface area contributed by atoms with Crippen molar-refractivity contribution < 1.29 is 9.53 Å². The molecule has 4 nitrogen and oxygen atoms in total. The van der Waals surface area contributed by atoms with E-state index in [4.69, 9.17) is 16.3 Å². The zero-order valence-corrected chi connectivity index (χ0v) is 11.9. The minimum Gasteiger partial charge on any atom is -0.491 e. The molecule has 1 aromatic heterocycles. The van der Waals surface area contributed by atoms with E-state index in [9.17, 15) is 4.79 Å². The van der Waals surface area contributed by atoms with Crippen LogP contribution in [0.3, 0.4) is 0 Å². The van der Waals surface area contributed by atoms with Crippen LogP contribution in [0, 0.1) is 6.92 Å². The van der Waals surface area contributed by atoms with Crippen LogP contribution in [0.2, 0.25) is 5.15 Å². The maximum Gasteiger partial charge on any atom is 0.252 e. The normalized spacial score (nSPS) is 10.1. The van der Waals surface area contributed by atoms with Gasteiger partial charge in [0.05, 0.1) is 12.1 Å². The number of carbonyl (C=O) groups excluding carboxylic acids is 1. The Morgan fingerprint density at radius 2 is 2.10 bits per heavy atom. The van der Waals surface area contributed by atoms with Crippen LogP contribution in [0.4, 0.5) is 0 Å². The highest BCUT2D eigenvalue weighted by atomic mass is 35.5. The number of pyridine rings is 1. The van der Waals surface area contributed by atoms with Gasteiger partial charge in [0, 0.05) is 6.20 Å². The average Bonchev–Trinajstić information content (AvgIpc) is 2.46. The zero-order chi connectivity index (χ0) is 14.4. The van der Waals surface area contributed by atoms with Gasteiger partial charge in [-0.15, -0.1) is 0 Å². The quantitative estimate of drug-likeness (QED) is 0.680. The van der Waals surface area contributed by atoms with Gasteiger partial charge in [0.1, 0.15) is 17.5 Å². The summed E-state index contributed by atoms with van der Waals surface area (Å²) in [7, 11) is 0. The first-order valence-corrected chi connectivity index (χ1v) is 6.63. The molecule has 0 bridgehead atoms. The number of halogens is 1. The second-order valence-electron chi connectivity index (χ2n) is 4.24. The monoisotopic (exact) mass is 290 g/mol. The van der Waals surface area contributed by atoms with Gasteiger partial charge < -0.3 is 10.1 Å². The van der Waals surface area contributed by atoms with Gasteiger partial charge in [-0.3, -0.25) is 4.79 Å². The molecular formula is C15H15ClN2O2. The summed E-state index contributed by atoms with van der Waals surface area (Å²) in [6.07, 6.45) is 1.44. The molecule has 0 saturated carbocycles. The fraction of sp³-hybridized carbons (Fsp3) is 0.200. The second kappa shape index (κ2) is 6.91. The summed E-state index contributed by atoms with van der Waals surface area (Å²) >= 11 is 5.66. The Morgan fingerprint density at radius 3 is 2.80 bits per heavy atom. The fourth-order valence-electron chi connectivity index (χ4n) is 1.66. The number of aryl methyl sites for hydroxylation is 1. The number of ether oxygens (including phenoxy) is 1. The Kier molecular flexibility index (Phi) is 4.96. The van der Waals surface area contributed by atoms with Crippen LogP contribution in [0.1, 0.15) is 15.9 Å². The molecule has 0 unspecified atom stereocenters. The van der Waals surface area contributed by atoms with Crippen molar-refractivity contribution in [1.82, 2.24) is 10.3 Å². The Labute approximate surface area is 122 Å². The van der Waals surface area contributed by atoms with Crippen LogP contribution in [-0.4, -0.2) is 24.0 Å². The highest BCUT2D eigenvalue weighted by molar-refractivity contribution is 6.29. The Hall–Kier alpha value is -2.07. The minimum atomic E-state index is -0.192. The molecule has 0 aliphatic carbocycles. The predicted molar refractivity (Wildman–Crippen MR) is 78.3 cm³/mol. The average molecular weight is 291 g/mol. The van der Waals surface area contributed by atoms with Crippen molar-refractivity contribution in [2.24, 2.45) is 0 Å². The molecule has 1 heterocycles. The van der Waals surface area contributed by atoms with Crippen LogP contribution >= 0.6 is 11.6 Å². The number of carbonyl (C=O) groups is 1. The van der Waals surface area contributed by atoms with Gasteiger partial charge in [0.25, 0.3) is 5.91 Å². The van der Waals surface area contributed by atoms with E-state index in [0.29, 0.717) is 23.9 Å². The van der Waals surface area contributed by atoms with Crippen molar-refractivity contribution in [1.29, 1.82) is 0 Å². The van der Waals surface area contributed by atoms with Gasteiger partial charge in [-0.05, 0) is 30.7 Å². The fourth-order valence-corrected chi connectivity index (χ4v) is 1.77. The molecule has 2 aromatic rings. The maximum absolute atomic E-state index is 11.8. The summed E-state index contributed by atoms with van der Waals surface area (Å²) in [6, 6.07) is 11.0. The largest absolute Gasteiger partial charge is 0.491 e. The van der Waals surface area contributed by atoms with E-state index in [2.05, 4.69) is 10.3 Å². The first-order valence-electron chi connectivity index (χ1n) is 6.25. The van der Waals surface area contributed by atoms with Gasteiger partial charge in [0.2, 0.25) is 0 Å². The molecular weight excluding hydrogens is 276 g/mol. The van der Waals surface area contributed by atoms with Gasteiger partial charge in [-0.25, -0.2) is 4.98 Å². The number of aromatic nitrogens is 1. The predicted octanol–water partition coefficient (Wildman–Crippen LogP) is 2.85. The van der Waals surface area contributed by atoms with Crippen molar-refractivity contribution in [3.63, 3.8) is 0 Å². The Morgan fingerprint density at radius 1 is 1.30 bits per heavy atom. The van der Waals surface area contributed by atoms with E-state index >= 15 is 0 Å². The minimum absolute atomic E-state index is 0.192. The number of amides is 1. The van der Waals surface area contributed by atoms with Crippen LogP contribution in [-0.2, 0) is 0 Å². The molecule has 0 spiro atoms. The number of hydrogen-bond donors (Lipinski definition) is 1. The molecule has 1 N–H and O–H groups in total. The summed E-state index contributed by atoms with van der Waals surface area (Å²) in [5, 5.41) is 3.13. The number of nitrogens with one attached hydrogen (secondary N) is 1. The number of rotatable bonds is 5. The van der Waals surface area contributed by atoms with Gasteiger partial charge in [-0.2, -0.15) is 0 Å². The summed E-state index contributed by atoms with van der Waals surface area (Å²) in [5.41, 5.74) is 1.55. The van der Waals surface area contributed by atoms with Crippen LogP contribution < -0.4 is 10.1 Å². The summed E-state index contributed by atoms with van der Waals surface area (Å²) in [6.45, 7) is 2.82. The van der Waals surface area contributed by atoms with E-state index in [1.54, 1.807) is 12.1 Å². The lowest BCUT2D eigenvalue weighted by molar-refractivity contribution is 0.0946. The van der Waals surface area contributed by atoms with Crippen molar-refractivity contribution >= 4 is 17.5 Å². The second-order valence-corrected chi connectivity index (χ2v) is 4.63. The Balaban J connectivity index is 1.77. The third-order valence-electron chi connectivity index (χ3n) is 2.73. The first-order chi connectivity index (χ1) is 9.66. The van der Waals surface area contributed by atoms with Crippen LogP contribution in [0.25, 0.3) is 0 Å². The van der Waals surface area contributed by atoms with E-state index in [0.717, 1.165) is 11.3 Å². The lowest BCUT2D eigenvalue weighted by Crippen LogP contribution is -2.28. The van der Waals surface area contributed by atoms with Crippen molar-refractivity contribution in [3.8, 4) is 5.75 Å². The molecule has 0 atom stereocenters. The summed E-state index contributed by atoms with van der Waals surface area (Å²) < 4.78 is 5.59. The summed E-state index contributed by atoms with van der Waals surface area (Å²) in [4.78, 5) is 15.6. The lowest BCUT2D eigenvalue weighted by Gasteiger charge is -2.09. The molecule has 0 saturated heterocycles. The number of para-hydroxylation sites is 1.